The van der Waals surface area contributed by atoms with E-state index in [1.807, 2.05) is 0 Å². The van der Waals surface area contributed by atoms with Crippen LogP contribution in [0.1, 0.15) is 30.3 Å². The van der Waals surface area contributed by atoms with Crippen molar-refractivity contribution < 1.29 is 43.8 Å². The maximum Gasteiger partial charge on any atom is 0.394 e. The van der Waals surface area contributed by atoms with Crippen LogP contribution in [0.5, 0.6) is 0 Å². The number of hydrogen-bond donors (Lipinski definition) is 3. The summed E-state index contributed by atoms with van der Waals surface area (Å²) in [6.45, 7) is 0.270. The summed E-state index contributed by atoms with van der Waals surface area (Å²) in [5.41, 5.74) is 0.243. The molecule has 1 aromatic rings. The monoisotopic (exact) mass is 424 g/mol. The molecular formula is C12H19F3N2O7S2. The average molecular weight is 424 g/mol. The minimum absolute atomic E-state index is 0.0713. The molecule has 0 bridgehead atoms. The molecule has 1 saturated heterocycles. The molecule has 3 N–H and O–H groups in total. The van der Waals surface area contributed by atoms with Gasteiger partial charge in [-0.3, -0.25) is 14.2 Å². The van der Waals surface area contributed by atoms with Crippen molar-refractivity contribution in [1.82, 2.24) is 10.2 Å². The normalized spacial score (nSPS) is 21.8. The fourth-order valence-electron chi connectivity index (χ4n) is 2.37. The highest BCUT2D eigenvalue weighted by molar-refractivity contribution is 7.85. The highest BCUT2D eigenvalue weighted by Gasteiger charge is 2.31. The van der Waals surface area contributed by atoms with Crippen molar-refractivity contribution in [3.05, 3.63) is 17.5 Å². The Morgan fingerprint density at radius 1 is 1.31 bits per heavy atom. The van der Waals surface area contributed by atoms with Gasteiger partial charge in [-0.1, -0.05) is 0 Å². The lowest BCUT2D eigenvalue weighted by molar-refractivity contribution is -0.127. The summed E-state index contributed by atoms with van der Waals surface area (Å²) in [4.78, 5) is 0. The first kappa shape index (κ1) is 22.8. The van der Waals surface area contributed by atoms with Crippen LogP contribution in [0.25, 0.3) is 0 Å². The molecule has 26 heavy (non-hydrogen) atoms. The molecule has 2 unspecified atom stereocenters. The van der Waals surface area contributed by atoms with Crippen molar-refractivity contribution in [3.63, 3.8) is 0 Å². The Bertz CT molecular complexity index is 782. The number of nitrogens with zero attached hydrogens (tertiary/aromatic N) is 1. The number of rotatable bonds is 4. The zero-order valence-corrected chi connectivity index (χ0v) is 15.2. The highest BCUT2D eigenvalue weighted by Crippen LogP contribution is 2.32. The molecule has 0 aliphatic carbocycles. The number of ether oxygens (including phenoxy) is 1. The Kier molecular flexibility index (Phi) is 7.59. The standard InChI is InChI=1S/C11H15F3N2O4S.CH4O3S/c12-11(13,14)5-8-4-9(16-15-8)10-3-7(1-2-20-10)6-21(17,18)19;1-5(2,3)4/h4,7,10H,1-3,5-6H2,(H,15,16)(H,17,18,19);1H3,(H,2,3,4). The Morgan fingerprint density at radius 2 is 1.88 bits per heavy atom. The molecule has 9 nitrogen and oxygen atoms in total. The van der Waals surface area contributed by atoms with Gasteiger partial charge in [0.05, 0.1) is 24.1 Å². The van der Waals surface area contributed by atoms with E-state index in [-0.39, 0.29) is 30.4 Å². The minimum Gasteiger partial charge on any atom is -0.372 e. The van der Waals surface area contributed by atoms with Gasteiger partial charge in [-0.05, 0) is 24.8 Å². The zero-order chi connectivity index (χ0) is 20.2. The second-order valence-corrected chi connectivity index (χ2v) is 8.80. The van der Waals surface area contributed by atoms with E-state index in [9.17, 15) is 30.0 Å². The minimum atomic E-state index is -4.33. The van der Waals surface area contributed by atoms with Crippen LogP contribution in [0, 0.1) is 5.92 Å². The predicted molar refractivity (Wildman–Crippen MR) is 83.7 cm³/mol. The van der Waals surface area contributed by atoms with Gasteiger partial charge >= 0.3 is 6.18 Å². The van der Waals surface area contributed by atoms with Crippen LogP contribution in [-0.2, 0) is 31.4 Å². The van der Waals surface area contributed by atoms with Gasteiger partial charge in [0.2, 0.25) is 0 Å². The Labute approximate surface area is 148 Å². The van der Waals surface area contributed by atoms with Crippen LogP contribution in [0.15, 0.2) is 6.07 Å². The fourth-order valence-corrected chi connectivity index (χ4v) is 3.27. The lowest BCUT2D eigenvalue weighted by atomic mass is 9.96. The first-order valence-electron chi connectivity index (χ1n) is 7.22. The smallest absolute Gasteiger partial charge is 0.372 e. The molecule has 0 radical (unpaired) electrons. The summed E-state index contributed by atoms with van der Waals surface area (Å²) >= 11 is 0. The maximum atomic E-state index is 12.3. The number of aromatic amines is 1. The topological polar surface area (TPSA) is 147 Å². The van der Waals surface area contributed by atoms with Crippen molar-refractivity contribution >= 4 is 20.2 Å². The van der Waals surface area contributed by atoms with Crippen molar-refractivity contribution in [3.8, 4) is 0 Å². The molecule has 2 rings (SSSR count). The van der Waals surface area contributed by atoms with E-state index in [0.29, 0.717) is 18.4 Å². The van der Waals surface area contributed by atoms with Gasteiger partial charge in [0.25, 0.3) is 20.2 Å². The largest absolute Gasteiger partial charge is 0.394 e. The summed E-state index contributed by atoms with van der Waals surface area (Å²) in [6, 6.07) is 1.27. The van der Waals surface area contributed by atoms with E-state index >= 15 is 0 Å². The van der Waals surface area contributed by atoms with Crippen molar-refractivity contribution in [2.75, 3.05) is 18.6 Å². The fraction of sp³-hybridized carbons (Fsp3) is 0.750. The van der Waals surface area contributed by atoms with Gasteiger partial charge in [-0.25, -0.2) is 0 Å². The Morgan fingerprint density at radius 3 is 2.38 bits per heavy atom. The maximum absolute atomic E-state index is 12.3. The number of nitrogens with one attached hydrogen (secondary N) is 1. The van der Waals surface area contributed by atoms with Crippen molar-refractivity contribution in [2.24, 2.45) is 5.92 Å². The van der Waals surface area contributed by atoms with Crippen molar-refractivity contribution in [2.45, 2.75) is 31.5 Å². The molecule has 1 aromatic heterocycles. The van der Waals surface area contributed by atoms with E-state index < -0.39 is 38.9 Å². The SMILES string of the molecule is CS(=O)(=O)O.O=S(=O)(O)CC1CCOC(c2cc(CC(F)(F)F)[nH]n2)C1. The number of H-pyrrole nitrogens is 1. The first-order chi connectivity index (χ1) is 11.6. The van der Waals surface area contributed by atoms with Gasteiger partial charge in [0, 0.05) is 12.3 Å². The van der Waals surface area contributed by atoms with Crippen LogP contribution >= 0.6 is 0 Å². The molecule has 1 fully saturated rings. The quantitative estimate of drug-likeness (QED) is 0.614. The molecule has 0 spiro atoms. The third kappa shape index (κ3) is 10.7. The van der Waals surface area contributed by atoms with E-state index in [0.717, 1.165) is 0 Å². The first-order valence-corrected chi connectivity index (χ1v) is 10.7. The molecule has 0 amide bonds. The molecule has 1 aliphatic rings. The van der Waals surface area contributed by atoms with Crippen LogP contribution in [0.3, 0.4) is 0 Å². The number of hydrogen-bond acceptors (Lipinski definition) is 6. The van der Waals surface area contributed by atoms with Gasteiger partial charge < -0.3 is 4.74 Å². The van der Waals surface area contributed by atoms with E-state index in [4.69, 9.17) is 13.8 Å². The molecule has 1 aliphatic heterocycles. The van der Waals surface area contributed by atoms with Crippen LogP contribution in [0.4, 0.5) is 13.2 Å². The number of alkyl halides is 3. The van der Waals surface area contributed by atoms with Gasteiger partial charge in [-0.2, -0.15) is 35.1 Å². The molecule has 2 atom stereocenters. The summed E-state index contributed by atoms with van der Waals surface area (Å²) < 4.78 is 98.7. The molecule has 152 valence electrons. The molecule has 2 heterocycles. The third-order valence-electron chi connectivity index (χ3n) is 3.21. The lowest BCUT2D eigenvalue weighted by Gasteiger charge is -2.27. The van der Waals surface area contributed by atoms with Crippen LogP contribution in [0.2, 0.25) is 0 Å². The van der Waals surface area contributed by atoms with E-state index in [1.54, 1.807) is 0 Å². The molecule has 14 heteroatoms. The third-order valence-corrected chi connectivity index (χ3v) is 4.10. The summed E-state index contributed by atoms with van der Waals surface area (Å²) in [6.07, 6.45) is -4.53. The van der Waals surface area contributed by atoms with Gasteiger partial charge in [0.1, 0.15) is 6.10 Å². The van der Waals surface area contributed by atoms with Gasteiger partial charge in [-0.15, -0.1) is 0 Å². The van der Waals surface area contributed by atoms with Crippen molar-refractivity contribution in [1.29, 1.82) is 0 Å². The second-order valence-electron chi connectivity index (χ2n) is 5.84. The number of halogens is 3. The summed E-state index contributed by atoms with van der Waals surface area (Å²) in [5, 5.41) is 6.10. The average Bonchev–Trinajstić information content (AvgIpc) is 2.81. The summed E-state index contributed by atoms with van der Waals surface area (Å²) in [5.74, 6) is -0.686. The summed E-state index contributed by atoms with van der Waals surface area (Å²) in [7, 11) is -7.75. The number of aromatic nitrogens is 2. The van der Waals surface area contributed by atoms with Crippen LogP contribution in [-0.4, -0.2) is 60.9 Å². The van der Waals surface area contributed by atoms with E-state index in [1.165, 1.54) is 6.07 Å². The lowest BCUT2D eigenvalue weighted by Crippen LogP contribution is -2.25. The highest BCUT2D eigenvalue weighted by atomic mass is 32.2. The Balaban J connectivity index is 0.000000597. The van der Waals surface area contributed by atoms with E-state index in [2.05, 4.69) is 10.2 Å². The molecule has 0 aromatic carbocycles. The second kappa shape index (κ2) is 8.65. The predicted octanol–water partition coefficient (Wildman–Crippen LogP) is 1.37. The van der Waals surface area contributed by atoms with Gasteiger partial charge in [0.15, 0.2) is 0 Å². The molecule has 0 saturated carbocycles. The Hall–Kier alpha value is -1.22. The van der Waals surface area contributed by atoms with Crippen LogP contribution < -0.4 is 0 Å². The molecular weight excluding hydrogens is 405 g/mol. The zero-order valence-electron chi connectivity index (χ0n) is 13.6.